The Balaban J connectivity index is 2.52. The molecule has 0 aromatic carbocycles. The Morgan fingerprint density at radius 1 is 1.64 bits per heavy atom. The van der Waals surface area contributed by atoms with E-state index < -0.39 is 5.54 Å². The fourth-order valence-electron chi connectivity index (χ4n) is 0.779. The van der Waals surface area contributed by atoms with E-state index in [4.69, 9.17) is 5.73 Å². The van der Waals surface area contributed by atoms with Gasteiger partial charge in [0, 0.05) is 19.0 Å². The van der Waals surface area contributed by atoms with E-state index >= 15 is 0 Å². The van der Waals surface area contributed by atoms with Crippen LogP contribution in [0.25, 0.3) is 0 Å². The molecule has 1 amide bonds. The Kier molecular flexibility index (Phi) is 2.85. The van der Waals surface area contributed by atoms with Gasteiger partial charge in [-0.05, 0) is 13.8 Å². The molecule has 1 rings (SSSR count). The highest BCUT2D eigenvalue weighted by atomic mass is 16.5. The lowest BCUT2D eigenvalue weighted by Crippen LogP contribution is -2.45. The van der Waals surface area contributed by atoms with Crippen molar-refractivity contribution in [1.29, 1.82) is 0 Å². The van der Waals surface area contributed by atoms with Crippen LogP contribution in [0, 0.1) is 6.92 Å². The number of aromatic nitrogens is 2. The maximum absolute atomic E-state index is 11.4. The first kappa shape index (κ1) is 10.6. The van der Waals surface area contributed by atoms with Crippen molar-refractivity contribution in [2.75, 3.05) is 6.54 Å². The zero-order valence-electron chi connectivity index (χ0n) is 8.50. The monoisotopic (exact) mass is 198 g/mol. The molecule has 0 saturated carbocycles. The average molecular weight is 198 g/mol. The summed E-state index contributed by atoms with van der Waals surface area (Å²) in [5.74, 6) is 0.0225. The molecular weight excluding hydrogens is 184 g/mol. The van der Waals surface area contributed by atoms with Crippen molar-refractivity contribution in [3.63, 3.8) is 0 Å². The largest absolute Gasteiger partial charge is 0.347 e. The molecular formula is C8H14N4O2. The number of nitrogens with two attached hydrogens (primary N) is 1. The van der Waals surface area contributed by atoms with Crippen molar-refractivity contribution in [3.05, 3.63) is 11.7 Å². The molecule has 0 unspecified atom stereocenters. The third-order valence-electron chi connectivity index (χ3n) is 1.44. The molecule has 14 heavy (non-hydrogen) atoms. The number of aryl methyl sites for hydroxylation is 1. The predicted octanol–water partition coefficient (Wildman–Crippen LogP) is -0.155. The third kappa shape index (κ3) is 3.14. The Labute approximate surface area is 81.9 Å². The van der Waals surface area contributed by atoms with Gasteiger partial charge in [-0.1, -0.05) is 5.16 Å². The SMILES string of the molecule is Cc1nc(C(=O)NCC(C)(C)N)no1. The first-order chi connectivity index (χ1) is 6.38. The summed E-state index contributed by atoms with van der Waals surface area (Å²) in [6, 6.07) is 0. The van der Waals surface area contributed by atoms with Gasteiger partial charge in [0.05, 0.1) is 0 Å². The highest BCUT2D eigenvalue weighted by Gasteiger charge is 2.16. The van der Waals surface area contributed by atoms with E-state index in [2.05, 4.69) is 20.0 Å². The molecule has 6 nitrogen and oxygen atoms in total. The van der Waals surface area contributed by atoms with Gasteiger partial charge in [0.25, 0.3) is 11.7 Å². The number of hydrogen-bond acceptors (Lipinski definition) is 5. The molecule has 1 aromatic rings. The lowest BCUT2D eigenvalue weighted by Gasteiger charge is -2.17. The Bertz CT molecular complexity index is 326. The molecule has 0 atom stereocenters. The second kappa shape index (κ2) is 3.75. The van der Waals surface area contributed by atoms with Crippen molar-refractivity contribution in [1.82, 2.24) is 15.5 Å². The maximum atomic E-state index is 11.4. The molecule has 0 fully saturated rings. The van der Waals surface area contributed by atoms with Crippen LogP contribution in [0.2, 0.25) is 0 Å². The van der Waals surface area contributed by atoms with Crippen molar-refractivity contribution >= 4 is 5.91 Å². The number of hydrogen-bond donors (Lipinski definition) is 2. The fourth-order valence-corrected chi connectivity index (χ4v) is 0.779. The van der Waals surface area contributed by atoms with Gasteiger partial charge in [0.15, 0.2) is 0 Å². The maximum Gasteiger partial charge on any atom is 0.292 e. The zero-order valence-corrected chi connectivity index (χ0v) is 8.50. The summed E-state index contributed by atoms with van der Waals surface area (Å²) in [5.41, 5.74) is 5.24. The first-order valence-corrected chi connectivity index (χ1v) is 4.26. The average Bonchev–Trinajstić information content (AvgIpc) is 2.46. The van der Waals surface area contributed by atoms with Crippen molar-refractivity contribution in [3.8, 4) is 0 Å². The topological polar surface area (TPSA) is 94.0 Å². The van der Waals surface area contributed by atoms with Gasteiger partial charge in [-0.2, -0.15) is 4.98 Å². The van der Waals surface area contributed by atoms with Gasteiger partial charge in [0.1, 0.15) is 0 Å². The number of rotatable bonds is 3. The van der Waals surface area contributed by atoms with Crippen LogP contribution in [0.4, 0.5) is 0 Å². The van der Waals surface area contributed by atoms with Crippen LogP contribution in [-0.4, -0.2) is 28.1 Å². The normalized spacial score (nSPS) is 11.4. The summed E-state index contributed by atoms with van der Waals surface area (Å²) in [6.07, 6.45) is 0. The minimum absolute atomic E-state index is 0.0340. The Hall–Kier alpha value is -1.43. The van der Waals surface area contributed by atoms with E-state index in [1.54, 1.807) is 6.92 Å². The molecule has 1 aromatic heterocycles. The lowest BCUT2D eigenvalue weighted by molar-refractivity contribution is 0.0932. The molecule has 78 valence electrons. The van der Waals surface area contributed by atoms with Crippen molar-refractivity contribution in [2.24, 2.45) is 5.73 Å². The summed E-state index contributed by atoms with van der Waals surface area (Å²) < 4.78 is 4.66. The van der Waals surface area contributed by atoms with E-state index in [1.165, 1.54) is 0 Å². The second-order valence-electron chi connectivity index (χ2n) is 3.81. The number of carbonyl (C=O) groups excluding carboxylic acids is 1. The van der Waals surface area contributed by atoms with Crippen LogP contribution in [0.15, 0.2) is 4.52 Å². The van der Waals surface area contributed by atoms with E-state index in [0.717, 1.165) is 0 Å². The van der Waals surface area contributed by atoms with Crippen LogP contribution < -0.4 is 11.1 Å². The second-order valence-corrected chi connectivity index (χ2v) is 3.81. The molecule has 0 saturated heterocycles. The van der Waals surface area contributed by atoms with E-state index in [9.17, 15) is 4.79 Å². The Morgan fingerprint density at radius 2 is 2.29 bits per heavy atom. The molecule has 0 aliphatic carbocycles. The van der Waals surface area contributed by atoms with Gasteiger partial charge in [-0.3, -0.25) is 4.79 Å². The Morgan fingerprint density at radius 3 is 2.71 bits per heavy atom. The van der Waals surface area contributed by atoms with Crippen LogP contribution in [0.5, 0.6) is 0 Å². The molecule has 0 radical (unpaired) electrons. The van der Waals surface area contributed by atoms with Gasteiger partial charge < -0.3 is 15.6 Å². The van der Waals surface area contributed by atoms with Crippen LogP contribution in [0.1, 0.15) is 30.4 Å². The minimum Gasteiger partial charge on any atom is -0.347 e. The first-order valence-electron chi connectivity index (χ1n) is 4.26. The molecule has 0 spiro atoms. The quantitative estimate of drug-likeness (QED) is 0.704. The molecule has 3 N–H and O–H groups in total. The van der Waals surface area contributed by atoms with Gasteiger partial charge in [-0.15, -0.1) is 0 Å². The van der Waals surface area contributed by atoms with E-state index in [0.29, 0.717) is 12.4 Å². The van der Waals surface area contributed by atoms with Crippen molar-refractivity contribution in [2.45, 2.75) is 26.3 Å². The van der Waals surface area contributed by atoms with Crippen LogP contribution in [-0.2, 0) is 0 Å². The highest BCUT2D eigenvalue weighted by Crippen LogP contribution is 1.97. The minimum atomic E-state index is -0.450. The van der Waals surface area contributed by atoms with E-state index in [1.807, 2.05) is 13.8 Å². The van der Waals surface area contributed by atoms with Gasteiger partial charge in [0.2, 0.25) is 5.89 Å². The zero-order chi connectivity index (χ0) is 10.8. The van der Waals surface area contributed by atoms with Gasteiger partial charge in [-0.25, -0.2) is 0 Å². The molecule has 1 heterocycles. The highest BCUT2D eigenvalue weighted by molar-refractivity contribution is 5.90. The summed E-state index contributed by atoms with van der Waals surface area (Å²) in [7, 11) is 0. The van der Waals surface area contributed by atoms with Crippen LogP contribution in [0.3, 0.4) is 0 Å². The third-order valence-corrected chi connectivity index (χ3v) is 1.44. The summed E-state index contributed by atoms with van der Waals surface area (Å²) >= 11 is 0. The van der Waals surface area contributed by atoms with E-state index in [-0.39, 0.29) is 11.7 Å². The smallest absolute Gasteiger partial charge is 0.292 e. The molecule has 0 bridgehead atoms. The summed E-state index contributed by atoms with van der Waals surface area (Å²) in [5, 5.41) is 6.08. The fraction of sp³-hybridized carbons (Fsp3) is 0.625. The molecule has 0 aliphatic heterocycles. The molecule has 0 aliphatic rings. The number of amides is 1. The number of nitrogens with zero attached hydrogens (tertiary/aromatic N) is 2. The standard InChI is InChI=1S/C8H14N4O2/c1-5-11-6(12-14-5)7(13)10-4-8(2,3)9/h4,9H2,1-3H3,(H,10,13). The van der Waals surface area contributed by atoms with Crippen LogP contribution >= 0.6 is 0 Å². The predicted molar refractivity (Wildman–Crippen MR) is 49.6 cm³/mol. The lowest BCUT2D eigenvalue weighted by atomic mass is 10.1. The summed E-state index contributed by atoms with van der Waals surface area (Å²) in [6.45, 7) is 5.61. The molecule has 6 heteroatoms. The number of carbonyl (C=O) groups is 1. The van der Waals surface area contributed by atoms with Crippen molar-refractivity contribution < 1.29 is 9.32 Å². The van der Waals surface area contributed by atoms with Gasteiger partial charge >= 0.3 is 0 Å². The number of nitrogens with one attached hydrogen (secondary N) is 1. The summed E-state index contributed by atoms with van der Waals surface area (Å²) in [4.78, 5) is 15.1.